The van der Waals surface area contributed by atoms with Crippen LogP contribution in [-0.4, -0.2) is 25.0 Å². The average Bonchev–Trinajstić information content (AvgIpc) is 2.86. The first-order valence-corrected chi connectivity index (χ1v) is 7.11. The lowest BCUT2D eigenvalue weighted by atomic mass is 10.2. The number of hydrogen-bond acceptors (Lipinski definition) is 2. The largest absolute Gasteiger partial charge is 0.481 e. The van der Waals surface area contributed by atoms with Gasteiger partial charge in [0, 0.05) is 23.4 Å². The zero-order valence-electron chi connectivity index (χ0n) is 11.2. The van der Waals surface area contributed by atoms with Crippen molar-refractivity contribution in [2.24, 2.45) is 7.05 Å². The van der Waals surface area contributed by atoms with E-state index in [0.29, 0.717) is 6.42 Å². The van der Waals surface area contributed by atoms with E-state index in [1.807, 2.05) is 41.3 Å². The molecule has 0 amide bonds. The molecule has 0 spiro atoms. The third kappa shape index (κ3) is 2.00. The molecule has 0 radical (unpaired) electrons. The Bertz CT molecular complexity index is 832. The van der Waals surface area contributed by atoms with Crippen LogP contribution in [0.2, 0.25) is 0 Å². The maximum absolute atomic E-state index is 10.7. The lowest BCUT2D eigenvalue weighted by Gasteiger charge is -2.00. The van der Waals surface area contributed by atoms with E-state index in [-0.39, 0.29) is 6.42 Å². The SMILES string of the molecule is Cc1cc(Br)cc2c1nc1n(C)c(CCC(=O)O)cn21. The van der Waals surface area contributed by atoms with Crippen LogP contribution in [0.5, 0.6) is 0 Å². The molecular weight excluding hydrogens is 322 g/mol. The molecule has 20 heavy (non-hydrogen) atoms. The second kappa shape index (κ2) is 4.63. The van der Waals surface area contributed by atoms with Gasteiger partial charge in [0.25, 0.3) is 0 Å². The van der Waals surface area contributed by atoms with Gasteiger partial charge in [0.1, 0.15) is 0 Å². The molecule has 104 valence electrons. The normalized spacial score (nSPS) is 11.6. The summed E-state index contributed by atoms with van der Waals surface area (Å²) in [5, 5.41) is 8.80. The molecular formula is C14H14BrN3O2. The molecule has 0 atom stereocenters. The van der Waals surface area contributed by atoms with Crippen LogP contribution in [-0.2, 0) is 18.3 Å². The van der Waals surface area contributed by atoms with Crippen LogP contribution in [0.1, 0.15) is 17.7 Å². The van der Waals surface area contributed by atoms with Crippen LogP contribution >= 0.6 is 15.9 Å². The van der Waals surface area contributed by atoms with E-state index in [1.165, 1.54) is 0 Å². The number of nitrogens with zero attached hydrogens (tertiary/aromatic N) is 3. The first-order chi connectivity index (χ1) is 9.47. The summed E-state index contributed by atoms with van der Waals surface area (Å²) in [6, 6.07) is 4.07. The van der Waals surface area contributed by atoms with E-state index in [9.17, 15) is 4.79 Å². The van der Waals surface area contributed by atoms with Crippen LogP contribution in [0.3, 0.4) is 0 Å². The minimum atomic E-state index is -0.785. The predicted octanol–water partition coefficient (Wildman–Crippen LogP) is 2.91. The number of rotatable bonds is 3. The van der Waals surface area contributed by atoms with E-state index in [4.69, 9.17) is 5.11 Å². The van der Waals surface area contributed by atoms with Crippen molar-refractivity contribution in [1.82, 2.24) is 14.0 Å². The maximum atomic E-state index is 10.7. The molecule has 0 saturated carbocycles. The Hall–Kier alpha value is -1.82. The van der Waals surface area contributed by atoms with E-state index in [2.05, 4.69) is 20.9 Å². The Kier molecular flexibility index (Phi) is 3.05. The molecule has 0 unspecified atom stereocenters. The number of aromatic nitrogens is 3. The third-order valence-electron chi connectivity index (χ3n) is 3.54. The highest BCUT2D eigenvalue weighted by Gasteiger charge is 2.14. The Morgan fingerprint density at radius 3 is 2.90 bits per heavy atom. The highest BCUT2D eigenvalue weighted by Crippen LogP contribution is 2.26. The topological polar surface area (TPSA) is 59.5 Å². The van der Waals surface area contributed by atoms with E-state index < -0.39 is 5.97 Å². The van der Waals surface area contributed by atoms with Gasteiger partial charge in [-0.15, -0.1) is 0 Å². The van der Waals surface area contributed by atoms with Crippen LogP contribution < -0.4 is 0 Å². The van der Waals surface area contributed by atoms with Gasteiger partial charge in [-0.25, -0.2) is 4.98 Å². The summed E-state index contributed by atoms with van der Waals surface area (Å²) in [7, 11) is 1.92. The van der Waals surface area contributed by atoms with E-state index >= 15 is 0 Å². The molecule has 2 heterocycles. The smallest absolute Gasteiger partial charge is 0.303 e. The van der Waals surface area contributed by atoms with Crippen molar-refractivity contribution in [3.63, 3.8) is 0 Å². The molecule has 2 aromatic heterocycles. The quantitative estimate of drug-likeness (QED) is 0.800. The molecule has 1 aromatic carbocycles. The minimum absolute atomic E-state index is 0.127. The minimum Gasteiger partial charge on any atom is -0.481 e. The summed E-state index contributed by atoms with van der Waals surface area (Å²) < 4.78 is 4.99. The van der Waals surface area contributed by atoms with Gasteiger partial charge in [-0.2, -0.15) is 0 Å². The summed E-state index contributed by atoms with van der Waals surface area (Å²) >= 11 is 3.50. The Morgan fingerprint density at radius 1 is 1.45 bits per heavy atom. The van der Waals surface area contributed by atoms with Gasteiger partial charge in [0.05, 0.1) is 17.5 Å². The first-order valence-electron chi connectivity index (χ1n) is 6.31. The van der Waals surface area contributed by atoms with Crippen molar-refractivity contribution in [2.75, 3.05) is 0 Å². The molecule has 0 aliphatic rings. The van der Waals surface area contributed by atoms with Gasteiger partial charge >= 0.3 is 5.97 Å². The fourth-order valence-corrected chi connectivity index (χ4v) is 3.06. The molecule has 0 aliphatic heterocycles. The number of carbonyl (C=O) groups is 1. The van der Waals surface area contributed by atoms with Crippen LogP contribution in [0.15, 0.2) is 22.8 Å². The number of fused-ring (bicyclic) bond motifs is 3. The molecule has 3 aromatic rings. The molecule has 0 saturated heterocycles. The summed E-state index contributed by atoms with van der Waals surface area (Å²) in [5.74, 6) is 0.0499. The van der Waals surface area contributed by atoms with Crippen molar-refractivity contribution >= 4 is 38.7 Å². The van der Waals surface area contributed by atoms with Gasteiger partial charge < -0.3 is 9.67 Å². The van der Waals surface area contributed by atoms with Gasteiger partial charge in [-0.3, -0.25) is 9.20 Å². The molecule has 0 fully saturated rings. The Labute approximate surface area is 124 Å². The van der Waals surface area contributed by atoms with Gasteiger partial charge in [0.15, 0.2) is 0 Å². The zero-order valence-corrected chi connectivity index (χ0v) is 12.8. The van der Waals surface area contributed by atoms with Crippen LogP contribution in [0.25, 0.3) is 16.8 Å². The Balaban J connectivity index is 2.20. The highest BCUT2D eigenvalue weighted by atomic mass is 79.9. The number of halogens is 1. The highest BCUT2D eigenvalue weighted by molar-refractivity contribution is 9.10. The van der Waals surface area contributed by atoms with Gasteiger partial charge in [-0.1, -0.05) is 15.9 Å². The predicted molar refractivity (Wildman–Crippen MR) is 80.1 cm³/mol. The van der Waals surface area contributed by atoms with Crippen molar-refractivity contribution < 1.29 is 9.90 Å². The molecule has 6 heteroatoms. The second-order valence-corrected chi connectivity index (χ2v) is 5.86. The van der Waals surface area contributed by atoms with Crippen molar-refractivity contribution in [1.29, 1.82) is 0 Å². The van der Waals surface area contributed by atoms with Crippen molar-refractivity contribution in [3.8, 4) is 0 Å². The van der Waals surface area contributed by atoms with Crippen LogP contribution in [0, 0.1) is 6.92 Å². The molecule has 0 aliphatic carbocycles. The number of carboxylic acids is 1. The monoisotopic (exact) mass is 335 g/mol. The number of carboxylic acid groups (broad SMARTS) is 1. The fraction of sp³-hybridized carbons (Fsp3) is 0.286. The number of aliphatic carboxylic acids is 1. The number of benzene rings is 1. The molecule has 5 nitrogen and oxygen atoms in total. The lowest BCUT2D eigenvalue weighted by Crippen LogP contribution is -2.02. The van der Waals surface area contributed by atoms with Gasteiger partial charge in [-0.05, 0) is 31.0 Å². The Morgan fingerprint density at radius 2 is 2.20 bits per heavy atom. The number of imidazole rings is 2. The number of hydrogen-bond donors (Lipinski definition) is 1. The standard InChI is InChI=1S/C14H14BrN3O2/c1-8-5-9(15)6-11-13(8)16-14-17(2)10(7-18(11)14)3-4-12(19)20/h5-7H,3-4H2,1-2H3,(H,19,20). The summed E-state index contributed by atoms with van der Waals surface area (Å²) in [6.45, 7) is 2.03. The second-order valence-electron chi connectivity index (χ2n) is 4.95. The van der Waals surface area contributed by atoms with Crippen LogP contribution in [0.4, 0.5) is 0 Å². The van der Waals surface area contributed by atoms with E-state index in [1.54, 1.807) is 0 Å². The molecule has 1 N–H and O–H groups in total. The average molecular weight is 336 g/mol. The fourth-order valence-electron chi connectivity index (χ4n) is 2.50. The molecule has 3 rings (SSSR count). The summed E-state index contributed by atoms with van der Waals surface area (Å²) in [4.78, 5) is 15.4. The van der Waals surface area contributed by atoms with E-state index in [0.717, 1.165) is 32.5 Å². The summed E-state index contributed by atoms with van der Waals surface area (Å²) in [5.41, 5.74) is 4.09. The summed E-state index contributed by atoms with van der Waals surface area (Å²) in [6.07, 6.45) is 2.60. The number of aryl methyl sites for hydroxylation is 3. The zero-order chi connectivity index (χ0) is 14.4. The maximum Gasteiger partial charge on any atom is 0.303 e. The lowest BCUT2D eigenvalue weighted by molar-refractivity contribution is -0.136. The molecule has 0 bridgehead atoms. The van der Waals surface area contributed by atoms with Crippen molar-refractivity contribution in [2.45, 2.75) is 19.8 Å². The third-order valence-corrected chi connectivity index (χ3v) is 3.99. The first kappa shape index (κ1) is 13.2. The van der Waals surface area contributed by atoms with Gasteiger partial charge in [0.2, 0.25) is 5.78 Å². The van der Waals surface area contributed by atoms with Crippen molar-refractivity contribution in [3.05, 3.63) is 34.1 Å².